The molecule has 1 aliphatic heterocycles. The van der Waals surface area contributed by atoms with Crippen molar-refractivity contribution in [3.05, 3.63) is 0 Å². The summed E-state index contributed by atoms with van der Waals surface area (Å²) in [7, 11) is 0. The number of hydrogen-bond acceptors (Lipinski definition) is 1. The van der Waals surface area contributed by atoms with Crippen molar-refractivity contribution in [3.63, 3.8) is 0 Å². The Hall–Kier alpha value is -0.0500. The molecule has 80 valence electrons. The fraction of sp³-hybridized carbons (Fsp3) is 0.909. The Morgan fingerprint density at radius 2 is 2.21 bits per heavy atom. The van der Waals surface area contributed by atoms with Crippen molar-refractivity contribution in [3.8, 4) is 0 Å². The van der Waals surface area contributed by atoms with Gasteiger partial charge in [0.25, 0.3) is 0 Å². The van der Waals surface area contributed by atoms with Gasteiger partial charge in [0.2, 0.25) is 5.91 Å². The fourth-order valence-corrected chi connectivity index (χ4v) is 3.00. The first-order chi connectivity index (χ1) is 6.74. The van der Waals surface area contributed by atoms with Gasteiger partial charge in [0.05, 0.1) is 0 Å². The number of piperidine rings is 1. The van der Waals surface area contributed by atoms with E-state index in [1.807, 2.05) is 0 Å². The average molecular weight is 260 g/mol. The van der Waals surface area contributed by atoms with E-state index in [4.69, 9.17) is 0 Å². The predicted octanol–water partition coefficient (Wildman–Crippen LogP) is 2.42. The summed E-state index contributed by atoms with van der Waals surface area (Å²) in [4.78, 5) is 14.2. The SMILES string of the molecule is CC1CC1C(=O)N1CCCCC1CBr. The fourth-order valence-electron chi connectivity index (χ4n) is 2.33. The number of nitrogens with zero attached hydrogens (tertiary/aromatic N) is 1. The molecule has 3 unspecified atom stereocenters. The minimum Gasteiger partial charge on any atom is -0.339 e. The van der Waals surface area contributed by atoms with Gasteiger partial charge in [-0.25, -0.2) is 0 Å². The number of hydrogen-bond donors (Lipinski definition) is 0. The number of rotatable bonds is 2. The summed E-state index contributed by atoms with van der Waals surface area (Å²) in [6.07, 6.45) is 4.76. The maximum atomic E-state index is 12.0. The van der Waals surface area contributed by atoms with E-state index in [2.05, 4.69) is 27.8 Å². The Labute approximate surface area is 94.2 Å². The summed E-state index contributed by atoms with van der Waals surface area (Å²) in [5.41, 5.74) is 0. The molecule has 1 heterocycles. The molecule has 1 aliphatic carbocycles. The lowest BCUT2D eigenvalue weighted by Crippen LogP contribution is -2.45. The molecule has 3 atom stereocenters. The van der Waals surface area contributed by atoms with Gasteiger partial charge in [-0.05, 0) is 31.6 Å². The molecule has 2 nitrogen and oxygen atoms in total. The maximum Gasteiger partial charge on any atom is 0.226 e. The molecule has 0 spiro atoms. The van der Waals surface area contributed by atoms with Gasteiger partial charge in [-0.3, -0.25) is 4.79 Å². The summed E-state index contributed by atoms with van der Waals surface area (Å²) >= 11 is 3.51. The number of alkyl halides is 1. The third-order valence-electron chi connectivity index (χ3n) is 3.52. The summed E-state index contributed by atoms with van der Waals surface area (Å²) in [5, 5.41) is 0.944. The van der Waals surface area contributed by atoms with Crippen LogP contribution in [0, 0.1) is 11.8 Å². The van der Waals surface area contributed by atoms with Crippen LogP contribution in [-0.4, -0.2) is 28.7 Å². The average Bonchev–Trinajstić information content (AvgIpc) is 2.94. The van der Waals surface area contributed by atoms with Gasteiger partial charge in [0.1, 0.15) is 0 Å². The molecule has 2 rings (SSSR count). The molecule has 0 bridgehead atoms. The number of likely N-dealkylation sites (tertiary alicyclic amines) is 1. The monoisotopic (exact) mass is 259 g/mol. The standard InChI is InChI=1S/C11H18BrNO/c1-8-6-10(8)11(14)13-5-3-2-4-9(13)7-12/h8-10H,2-7H2,1H3. The Morgan fingerprint density at radius 1 is 1.50 bits per heavy atom. The van der Waals surface area contributed by atoms with Gasteiger partial charge in [-0.2, -0.15) is 0 Å². The van der Waals surface area contributed by atoms with Crippen LogP contribution in [0.2, 0.25) is 0 Å². The molecule has 2 aliphatic rings. The Kier molecular flexibility index (Phi) is 3.15. The van der Waals surface area contributed by atoms with Crippen LogP contribution in [0.3, 0.4) is 0 Å². The largest absolute Gasteiger partial charge is 0.339 e. The molecule has 1 saturated heterocycles. The second-order valence-electron chi connectivity index (χ2n) is 4.66. The topological polar surface area (TPSA) is 20.3 Å². The van der Waals surface area contributed by atoms with Crippen LogP contribution in [0.5, 0.6) is 0 Å². The van der Waals surface area contributed by atoms with Crippen LogP contribution in [0.4, 0.5) is 0 Å². The summed E-state index contributed by atoms with van der Waals surface area (Å²) < 4.78 is 0. The Morgan fingerprint density at radius 3 is 2.79 bits per heavy atom. The molecule has 3 heteroatoms. The van der Waals surface area contributed by atoms with Crippen molar-refractivity contribution in [2.45, 2.75) is 38.6 Å². The van der Waals surface area contributed by atoms with Gasteiger partial charge >= 0.3 is 0 Å². The third kappa shape index (κ3) is 1.97. The normalized spacial score (nSPS) is 37.0. The number of halogens is 1. The maximum absolute atomic E-state index is 12.0. The van der Waals surface area contributed by atoms with E-state index in [0.717, 1.165) is 18.3 Å². The van der Waals surface area contributed by atoms with Crippen LogP contribution >= 0.6 is 15.9 Å². The predicted molar refractivity (Wildman–Crippen MR) is 60.4 cm³/mol. The van der Waals surface area contributed by atoms with Crippen molar-refractivity contribution >= 4 is 21.8 Å². The van der Waals surface area contributed by atoms with Crippen LogP contribution in [0.1, 0.15) is 32.6 Å². The Bertz CT molecular complexity index is 231. The van der Waals surface area contributed by atoms with Crippen LogP contribution in [-0.2, 0) is 4.79 Å². The van der Waals surface area contributed by atoms with Gasteiger partial charge in [-0.1, -0.05) is 22.9 Å². The molecule has 0 aromatic heterocycles. The third-order valence-corrected chi connectivity index (χ3v) is 4.26. The van der Waals surface area contributed by atoms with E-state index in [1.165, 1.54) is 19.3 Å². The molecule has 2 fully saturated rings. The first-order valence-electron chi connectivity index (χ1n) is 5.60. The lowest BCUT2D eigenvalue weighted by atomic mass is 10.0. The number of amides is 1. The molecule has 0 aromatic carbocycles. The highest BCUT2D eigenvalue weighted by atomic mass is 79.9. The molecular weight excluding hydrogens is 242 g/mol. The second-order valence-corrected chi connectivity index (χ2v) is 5.30. The van der Waals surface area contributed by atoms with Crippen molar-refractivity contribution < 1.29 is 4.79 Å². The number of carbonyl (C=O) groups excluding carboxylic acids is 1. The molecule has 0 aromatic rings. The van der Waals surface area contributed by atoms with E-state index in [-0.39, 0.29) is 0 Å². The van der Waals surface area contributed by atoms with Crippen molar-refractivity contribution in [1.29, 1.82) is 0 Å². The first kappa shape index (κ1) is 10.5. The van der Waals surface area contributed by atoms with Gasteiger partial charge in [-0.15, -0.1) is 0 Å². The summed E-state index contributed by atoms with van der Waals surface area (Å²) in [6, 6.07) is 0.462. The molecule has 1 saturated carbocycles. The summed E-state index contributed by atoms with van der Waals surface area (Å²) in [6.45, 7) is 3.16. The second kappa shape index (κ2) is 4.21. The van der Waals surface area contributed by atoms with Crippen molar-refractivity contribution in [1.82, 2.24) is 4.90 Å². The Balaban J connectivity index is 1.96. The first-order valence-corrected chi connectivity index (χ1v) is 6.72. The zero-order valence-corrected chi connectivity index (χ0v) is 10.3. The van der Waals surface area contributed by atoms with E-state index >= 15 is 0 Å². The quantitative estimate of drug-likeness (QED) is 0.698. The van der Waals surface area contributed by atoms with Gasteiger partial charge in [0, 0.05) is 23.8 Å². The van der Waals surface area contributed by atoms with Crippen molar-refractivity contribution in [2.24, 2.45) is 11.8 Å². The minimum absolute atomic E-state index is 0.356. The van der Waals surface area contributed by atoms with E-state index in [1.54, 1.807) is 0 Å². The highest BCUT2D eigenvalue weighted by Gasteiger charge is 2.43. The zero-order valence-electron chi connectivity index (χ0n) is 8.71. The smallest absolute Gasteiger partial charge is 0.226 e. The van der Waals surface area contributed by atoms with Crippen LogP contribution < -0.4 is 0 Å². The molecule has 1 amide bonds. The highest BCUT2D eigenvalue weighted by Crippen LogP contribution is 2.40. The van der Waals surface area contributed by atoms with Crippen molar-refractivity contribution in [2.75, 3.05) is 11.9 Å². The summed E-state index contributed by atoms with van der Waals surface area (Å²) in [5.74, 6) is 1.41. The van der Waals surface area contributed by atoms with E-state index < -0.39 is 0 Å². The lowest BCUT2D eigenvalue weighted by molar-refractivity contribution is -0.136. The lowest BCUT2D eigenvalue weighted by Gasteiger charge is -2.35. The van der Waals surface area contributed by atoms with Gasteiger partial charge < -0.3 is 4.90 Å². The minimum atomic E-state index is 0.356. The molecule has 0 radical (unpaired) electrons. The molecule has 14 heavy (non-hydrogen) atoms. The van der Waals surface area contributed by atoms with Crippen LogP contribution in [0.25, 0.3) is 0 Å². The molecule has 0 N–H and O–H groups in total. The molecular formula is C11H18BrNO. The van der Waals surface area contributed by atoms with Gasteiger partial charge in [0.15, 0.2) is 0 Å². The van der Waals surface area contributed by atoms with E-state index in [0.29, 0.717) is 23.8 Å². The van der Waals surface area contributed by atoms with Crippen LogP contribution in [0.15, 0.2) is 0 Å². The van der Waals surface area contributed by atoms with E-state index in [9.17, 15) is 4.79 Å². The highest BCUT2D eigenvalue weighted by molar-refractivity contribution is 9.09. The zero-order chi connectivity index (χ0) is 10.1. The number of carbonyl (C=O) groups is 1.